The number of hydrogen-bond acceptors (Lipinski definition) is 5. The van der Waals surface area contributed by atoms with E-state index in [0.29, 0.717) is 5.69 Å². The van der Waals surface area contributed by atoms with Gasteiger partial charge in [-0.25, -0.2) is 0 Å². The van der Waals surface area contributed by atoms with Crippen molar-refractivity contribution in [2.45, 2.75) is 10.9 Å². The number of hydrogen-bond donors (Lipinski definition) is 2. The topological polar surface area (TPSA) is 95.8 Å². The van der Waals surface area contributed by atoms with E-state index < -0.39 is 20.7 Å². The normalized spacial score (nSPS) is 19.6. The van der Waals surface area contributed by atoms with Gasteiger partial charge in [0.1, 0.15) is 10.6 Å². The van der Waals surface area contributed by atoms with Crippen molar-refractivity contribution in [1.29, 1.82) is 0 Å². The van der Waals surface area contributed by atoms with Crippen LogP contribution in [-0.2, 0) is 10.0 Å². The van der Waals surface area contributed by atoms with E-state index in [9.17, 15) is 18.4 Å². The molecule has 0 saturated carbocycles. The molecule has 1 aliphatic carbocycles. The first kappa shape index (κ1) is 12.6. The van der Waals surface area contributed by atoms with Crippen LogP contribution in [0.1, 0.15) is 5.56 Å². The van der Waals surface area contributed by atoms with Gasteiger partial charge in [0.15, 0.2) is 0 Å². The van der Waals surface area contributed by atoms with Gasteiger partial charge in [0, 0.05) is 11.3 Å². The molecule has 0 saturated heterocycles. The Kier molecular flexibility index (Phi) is 2.72. The lowest BCUT2D eigenvalue weighted by Crippen LogP contribution is -2.24. The van der Waals surface area contributed by atoms with Gasteiger partial charge in [0.2, 0.25) is 0 Å². The Labute approximate surface area is 115 Å². The molecule has 0 radical (unpaired) electrons. The first-order valence-corrected chi connectivity index (χ1v) is 7.25. The standard InChI is InChI=1S/C13H10N2O4S/c16-12-6-5-11-9(13(12)20(18,19)15-17)7-8-3-1-2-4-10(8)14-11/h1-7,10,14,16H. The SMILES string of the molecule is O=NS(=O)(=O)c1c(O)ccc2c1C=C1C=CC=CC1N2. The maximum absolute atomic E-state index is 11.7. The third-order valence-electron chi connectivity index (χ3n) is 3.22. The minimum Gasteiger partial charge on any atom is -0.506 e. The lowest BCUT2D eigenvalue weighted by molar-refractivity contribution is 0.458. The number of benzene rings is 1. The first-order chi connectivity index (χ1) is 9.53. The second-order valence-electron chi connectivity index (χ2n) is 4.44. The summed E-state index contributed by atoms with van der Waals surface area (Å²) >= 11 is 0. The average molecular weight is 290 g/mol. The molecule has 1 aromatic carbocycles. The average Bonchev–Trinajstić information content (AvgIpc) is 2.44. The van der Waals surface area contributed by atoms with Gasteiger partial charge in [-0.15, -0.1) is 4.91 Å². The minimum absolute atomic E-state index is 0.0585. The lowest BCUT2D eigenvalue weighted by Gasteiger charge is -2.27. The Hall–Kier alpha value is -2.41. The number of phenols is 1. The van der Waals surface area contributed by atoms with Crippen LogP contribution in [0.4, 0.5) is 5.69 Å². The summed E-state index contributed by atoms with van der Waals surface area (Å²) in [6, 6.07) is 2.73. The van der Waals surface area contributed by atoms with E-state index in [-0.39, 0.29) is 11.6 Å². The number of rotatable bonds is 2. The van der Waals surface area contributed by atoms with E-state index in [1.165, 1.54) is 6.07 Å². The Balaban J connectivity index is 2.28. The number of anilines is 1. The molecule has 0 amide bonds. The van der Waals surface area contributed by atoms with E-state index in [2.05, 4.69) is 9.90 Å². The van der Waals surface area contributed by atoms with Gasteiger partial charge in [0.05, 0.1) is 10.6 Å². The van der Waals surface area contributed by atoms with Crippen molar-refractivity contribution in [3.8, 4) is 5.75 Å². The predicted molar refractivity (Wildman–Crippen MR) is 74.8 cm³/mol. The molecule has 1 unspecified atom stereocenters. The zero-order chi connectivity index (χ0) is 14.3. The van der Waals surface area contributed by atoms with Gasteiger partial charge < -0.3 is 10.4 Å². The highest BCUT2D eigenvalue weighted by Crippen LogP contribution is 2.39. The number of phenolic OH excluding ortho intramolecular Hbond substituents is 1. The molecule has 7 heteroatoms. The van der Waals surface area contributed by atoms with Crippen LogP contribution in [0.15, 0.2) is 51.5 Å². The van der Waals surface area contributed by atoms with Crippen molar-refractivity contribution in [2.75, 3.05) is 5.32 Å². The van der Waals surface area contributed by atoms with Crippen molar-refractivity contribution < 1.29 is 13.5 Å². The van der Waals surface area contributed by atoms with Crippen LogP contribution in [0.25, 0.3) is 6.08 Å². The van der Waals surface area contributed by atoms with Crippen LogP contribution in [0.2, 0.25) is 0 Å². The molecule has 2 aliphatic rings. The molecule has 0 bridgehead atoms. The lowest BCUT2D eigenvalue weighted by atomic mass is 9.94. The van der Waals surface area contributed by atoms with Gasteiger partial charge in [-0.2, -0.15) is 8.42 Å². The van der Waals surface area contributed by atoms with Crippen molar-refractivity contribution in [3.05, 3.63) is 52.5 Å². The van der Waals surface area contributed by atoms with Gasteiger partial charge in [-0.1, -0.05) is 24.3 Å². The molecule has 6 nitrogen and oxygen atoms in total. The first-order valence-electron chi connectivity index (χ1n) is 5.81. The number of allylic oxidation sites excluding steroid dienone is 2. The molecule has 0 fully saturated rings. The van der Waals surface area contributed by atoms with Crippen LogP contribution in [0, 0.1) is 4.91 Å². The third kappa shape index (κ3) is 1.83. The van der Waals surface area contributed by atoms with Crippen LogP contribution in [0.3, 0.4) is 0 Å². The number of fused-ring (bicyclic) bond motifs is 2. The second kappa shape index (κ2) is 4.31. The zero-order valence-electron chi connectivity index (χ0n) is 10.1. The minimum atomic E-state index is -4.42. The quantitative estimate of drug-likeness (QED) is 0.642. The monoisotopic (exact) mass is 290 g/mol. The molecular formula is C13H10N2O4S. The fraction of sp³-hybridized carbons (Fsp3) is 0.0769. The molecule has 1 aliphatic heterocycles. The summed E-state index contributed by atoms with van der Waals surface area (Å²) in [5.41, 5.74) is 1.61. The van der Waals surface area contributed by atoms with E-state index >= 15 is 0 Å². The maximum Gasteiger partial charge on any atom is 0.321 e. The molecule has 1 heterocycles. The Morgan fingerprint density at radius 1 is 1.25 bits per heavy atom. The van der Waals surface area contributed by atoms with Crippen LogP contribution < -0.4 is 5.32 Å². The van der Waals surface area contributed by atoms with Crippen LogP contribution in [-0.4, -0.2) is 19.6 Å². The van der Waals surface area contributed by atoms with Gasteiger partial charge in [-0.05, 0) is 23.8 Å². The van der Waals surface area contributed by atoms with Crippen molar-refractivity contribution in [3.63, 3.8) is 0 Å². The summed E-state index contributed by atoms with van der Waals surface area (Å²) in [6.07, 6.45) is 9.09. The summed E-state index contributed by atoms with van der Waals surface area (Å²) in [6.45, 7) is 0. The number of nitroso groups, excluding NO2 is 1. The molecule has 1 aromatic rings. The molecule has 0 spiro atoms. The molecule has 102 valence electrons. The molecule has 1 atom stereocenters. The molecular weight excluding hydrogens is 280 g/mol. The summed E-state index contributed by atoms with van der Waals surface area (Å²) in [4.78, 5) is 10.1. The van der Waals surface area contributed by atoms with Crippen LogP contribution >= 0.6 is 0 Å². The van der Waals surface area contributed by atoms with E-state index in [1.54, 1.807) is 12.1 Å². The van der Waals surface area contributed by atoms with Gasteiger partial charge >= 0.3 is 10.0 Å². The fourth-order valence-corrected chi connectivity index (χ4v) is 3.18. The number of sulfonamides is 1. The van der Waals surface area contributed by atoms with E-state index in [1.807, 2.05) is 24.3 Å². The molecule has 3 rings (SSSR count). The Bertz CT molecular complexity index is 791. The number of nitrogens with zero attached hydrogens (tertiary/aromatic N) is 1. The smallest absolute Gasteiger partial charge is 0.321 e. The Morgan fingerprint density at radius 3 is 2.80 bits per heavy atom. The van der Waals surface area contributed by atoms with Crippen LogP contribution in [0.5, 0.6) is 5.75 Å². The van der Waals surface area contributed by atoms with Crippen molar-refractivity contribution >= 4 is 21.8 Å². The van der Waals surface area contributed by atoms with E-state index in [0.717, 1.165) is 5.57 Å². The highest BCUT2D eigenvalue weighted by molar-refractivity contribution is 7.90. The maximum atomic E-state index is 11.7. The Morgan fingerprint density at radius 2 is 2.05 bits per heavy atom. The van der Waals surface area contributed by atoms with Crippen molar-refractivity contribution in [2.24, 2.45) is 4.58 Å². The molecule has 2 N–H and O–H groups in total. The largest absolute Gasteiger partial charge is 0.506 e. The van der Waals surface area contributed by atoms with E-state index in [4.69, 9.17) is 0 Å². The highest BCUT2D eigenvalue weighted by Gasteiger charge is 2.29. The third-order valence-corrected chi connectivity index (χ3v) is 4.36. The number of aromatic hydroxyl groups is 1. The molecule has 20 heavy (non-hydrogen) atoms. The summed E-state index contributed by atoms with van der Waals surface area (Å²) in [5.74, 6) is -0.490. The summed E-state index contributed by atoms with van der Waals surface area (Å²) in [7, 11) is -4.42. The van der Waals surface area contributed by atoms with Crippen molar-refractivity contribution in [1.82, 2.24) is 0 Å². The summed E-state index contributed by atoms with van der Waals surface area (Å²) in [5, 5.41) is 12.9. The van der Waals surface area contributed by atoms with Gasteiger partial charge in [-0.3, -0.25) is 0 Å². The fourth-order valence-electron chi connectivity index (χ4n) is 2.33. The van der Waals surface area contributed by atoms with Gasteiger partial charge in [0.25, 0.3) is 0 Å². The predicted octanol–water partition coefficient (Wildman–Crippen LogP) is 2.15. The molecule has 0 aromatic heterocycles. The second-order valence-corrected chi connectivity index (χ2v) is 5.94. The zero-order valence-corrected chi connectivity index (χ0v) is 11.0. The summed E-state index contributed by atoms with van der Waals surface area (Å²) < 4.78 is 25.6. The number of nitrogens with one attached hydrogen (secondary N) is 1. The highest BCUT2D eigenvalue weighted by atomic mass is 32.2.